The van der Waals surface area contributed by atoms with E-state index in [0.717, 1.165) is 16.9 Å². The van der Waals surface area contributed by atoms with Gasteiger partial charge in [0.2, 0.25) is 0 Å². The minimum atomic E-state index is -0.432. The Hall–Kier alpha value is -3.39. The average molecular weight is 463 g/mol. The van der Waals surface area contributed by atoms with Gasteiger partial charge in [0.05, 0.1) is 29.3 Å². The Labute approximate surface area is 196 Å². The van der Waals surface area contributed by atoms with E-state index in [2.05, 4.69) is 15.2 Å². The predicted octanol–water partition coefficient (Wildman–Crippen LogP) is 5.41. The maximum absolute atomic E-state index is 13.3. The van der Waals surface area contributed by atoms with E-state index in [9.17, 15) is 9.59 Å². The van der Waals surface area contributed by atoms with Gasteiger partial charge < -0.3 is 9.40 Å². The van der Waals surface area contributed by atoms with E-state index in [1.54, 1.807) is 6.26 Å². The van der Waals surface area contributed by atoms with Crippen molar-refractivity contribution in [2.45, 2.75) is 51.6 Å². The van der Waals surface area contributed by atoms with Crippen LogP contribution < -0.4 is 0 Å². The summed E-state index contributed by atoms with van der Waals surface area (Å²) in [6.07, 6.45) is 1.63. The summed E-state index contributed by atoms with van der Waals surface area (Å²) < 4.78 is 7.49. The molecule has 0 aliphatic rings. The first kappa shape index (κ1) is 22.8. The van der Waals surface area contributed by atoms with Gasteiger partial charge in [0.1, 0.15) is 5.76 Å². The van der Waals surface area contributed by atoms with E-state index in [4.69, 9.17) is 4.42 Å². The molecule has 3 heterocycles. The molecular weight excluding hydrogens is 436 g/mol. The second-order valence-electron chi connectivity index (χ2n) is 8.07. The molecule has 8 heteroatoms. The van der Waals surface area contributed by atoms with E-state index >= 15 is 0 Å². The Balaban J connectivity index is 1.67. The summed E-state index contributed by atoms with van der Waals surface area (Å²) in [6.45, 7) is 9.43. The fourth-order valence-electron chi connectivity index (χ4n) is 4.04. The van der Waals surface area contributed by atoms with Gasteiger partial charge >= 0.3 is 0 Å². The van der Waals surface area contributed by atoms with Gasteiger partial charge in [0, 0.05) is 11.3 Å². The molecule has 0 bridgehead atoms. The highest BCUT2D eigenvalue weighted by atomic mass is 32.2. The number of hydrogen-bond acceptors (Lipinski definition) is 6. The molecule has 1 atom stereocenters. The number of nitrogens with zero attached hydrogens (tertiary/aromatic N) is 3. The average Bonchev–Trinajstić information content (AvgIpc) is 3.45. The molecule has 0 aliphatic heterocycles. The maximum Gasteiger partial charge on any atom is 0.192 e. The number of Topliss-reactive ketones (excluding diaryl/α,β-unsaturated/α-hetero) is 2. The van der Waals surface area contributed by atoms with Crippen LogP contribution in [0.1, 0.15) is 57.3 Å². The van der Waals surface area contributed by atoms with Gasteiger partial charge in [0.25, 0.3) is 0 Å². The molecule has 4 aromatic rings. The van der Waals surface area contributed by atoms with Gasteiger partial charge in [-0.25, -0.2) is 0 Å². The summed E-state index contributed by atoms with van der Waals surface area (Å²) in [5.74, 6) is 1.32. The highest BCUT2D eigenvalue weighted by molar-refractivity contribution is 8.00. The number of carbonyl (C=O) groups excluding carboxylic acids is 2. The molecule has 7 nitrogen and oxygen atoms in total. The van der Waals surface area contributed by atoms with E-state index < -0.39 is 5.25 Å². The lowest BCUT2D eigenvalue weighted by Crippen LogP contribution is -2.16. The number of aryl methyl sites for hydroxylation is 2. The zero-order valence-electron chi connectivity index (χ0n) is 19.3. The lowest BCUT2D eigenvalue weighted by Gasteiger charge is -2.13. The van der Waals surface area contributed by atoms with Crippen LogP contribution in [0.15, 0.2) is 52.2 Å². The molecule has 3 aromatic heterocycles. The Morgan fingerprint density at radius 2 is 1.85 bits per heavy atom. The van der Waals surface area contributed by atoms with Crippen molar-refractivity contribution >= 4 is 23.3 Å². The van der Waals surface area contributed by atoms with Crippen LogP contribution in [-0.4, -0.2) is 36.6 Å². The summed E-state index contributed by atoms with van der Waals surface area (Å²) in [5, 5.41) is 9.05. The fraction of sp³-hybridized carbons (Fsp3) is 0.280. The third kappa shape index (κ3) is 4.43. The number of aromatic amines is 1. The Morgan fingerprint density at radius 1 is 1.12 bits per heavy atom. The van der Waals surface area contributed by atoms with Crippen molar-refractivity contribution in [1.82, 2.24) is 19.7 Å². The second-order valence-corrected chi connectivity index (χ2v) is 9.38. The smallest absolute Gasteiger partial charge is 0.192 e. The summed E-state index contributed by atoms with van der Waals surface area (Å²) in [6, 6.07) is 11.9. The molecular formula is C25H26N4O3S. The minimum absolute atomic E-state index is 0.0525. The highest BCUT2D eigenvalue weighted by Gasteiger charge is 2.27. The van der Waals surface area contributed by atoms with Crippen LogP contribution in [0.4, 0.5) is 0 Å². The number of aromatic nitrogens is 4. The number of rotatable bonds is 8. The molecule has 0 radical (unpaired) electrons. The molecule has 0 unspecified atom stereocenters. The maximum atomic E-state index is 13.3. The summed E-state index contributed by atoms with van der Waals surface area (Å²) >= 11 is 1.35. The van der Waals surface area contributed by atoms with Crippen molar-refractivity contribution in [3.05, 3.63) is 76.5 Å². The molecule has 170 valence electrons. The number of thioether (sulfide) groups is 1. The van der Waals surface area contributed by atoms with E-state index in [1.807, 2.05) is 68.7 Å². The van der Waals surface area contributed by atoms with Crippen LogP contribution in [0.2, 0.25) is 0 Å². The second kappa shape index (κ2) is 9.23. The molecule has 0 saturated carbocycles. The van der Waals surface area contributed by atoms with Crippen LogP contribution in [0.3, 0.4) is 0 Å². The lowest BCUT2D eigenvalue weighted by molar-refractivity contribution is 0.0988. The minimum Gasteiger partial charge on any atom is -0.469 e. The third-order valence-electron chi connectivity index (χ3n) is 5.69. The van der Waals surface area contributed by atoms with E-state index in [0.29, 0.717) is 40.0 Å². The van der Waals surface area contributed by atoms with Gasteiger partial charge in [0.15, 0.2) is 22.5 Å². The predicted molar refractivity (Wildman–Crippen MR) is 128 cm³/mol. The van der Waals surface area contributed by atoms with Crippen LogP contribution in [-0.2, 0) is 6.54 Å². The van der Waals surface area contributed by atoms with Crippen molar-refractivity contribution in [3.8, 4) is 11.4 Å². The molecule has 1 aromatic carbocycles. The van der Waals surface area contributed by atoms with Crippen LogP contribution in [0.5, 0.6) is 0 Å². The molecule has 0 saturated heterocycles. The third-order valence-corrected chi connectivity index (χ3v) is 6.77. The Bertz CT molecular complexity index is 1320. The molecule has 0 spiro atoms. The SMILES string of the molecule is CC(=O)c1c(C)[nH]c(C(=O)[C@@H](C)Sc2nnc(-c3ccoc3C)n2Cc2ccccc2)c1C. The number of ketones is 2. The summed E-state index contributed by atoms with van der Waals surface area (Å²) in [5.41, 5.74) is 4.43. The molecule has 0 aliphatic carbocycles. The fourth-order valence-corrected chi connectivity index (χ4v) is 4.95. The number of H-pyrrole nitrogens is 1. The number of nitrogens with one attached hydrogen (secondary N) is 1. The van der Waals surface area contributed by atoms with Crippen molar-refractivity contribution < 1.29 is 14.0 Å². The zero-order valence-corrected chi connectivity index (χ0v) is 20.1. The first-order chi connectivity index (χ1) is 15.8. The molecule has 1 N–H and O–H groups in total. The molecule has 0 amide bonds. The van der Waals surface area contributed by atoms with E-state index in [-0.39, 0.29) is 11.6 Å². The first-order valence-corrected chi connectivity index (χ1v) is 11.6. The largest absolute Gasteiger partial charge is 0.469 e. The molecule has 4 rings (SSSR count). The molecule has 0 fully saturated rings. The number of carbonyl (C=O) groups is 2. The topological polar surface area (TPSA) is 93.8 Å². The molecule has 33 heavy (non-hydrogen) atoms. The number of hydrogen-bond donors (Lipinski definition) is 1. The Morgan fingerprint density at radius 3 is 2.45 bits per heavy atom. The number of benzene rings is 1. The normalized spacial score (nSPS) is 12.2. The van der Waals surface area contributed by atoms with E-state index in [1.165, 1.54) is 18.7 Å². The standard InChI is InChI=1S/C25H26N4O3S/c1-14-21(16(3)30)15(2)26-22(14)23(31)18(5)33-25-28-27-24(20-11-12-32-17(20)4)29(25)13-19-9-7-6-8-10-19/h6-12,18,26H,13H2,1-5H3/t18-/m1/s1. The first-order valence-electron chi connectivity index (χ1n) is 10.7. The van der Waals surface area contributed by atoms with Crippen LogP contribution in [0.25, 0.3) is 11.4 Å². The van der Waals surface area contributed by atoms with Crippen LogP contribution in [0, 0.1) is 20.8 Å². The van der Waals surface area contributed by atoms with Crippen molar-refractivity contribution in [2.75, 3.05) is 0 Å². The van der Waals surface area contributed by atoms with Crippen molar-refractivity contribution in [1.29, 1.82) is 0 Å². The van der Waals surface area contributed by atoms with Gasteiger partial charge in [-0.2, -0.15) is 0 Å². The highest BCUT2D eigenvalue weighted by Crippen LogP contribution is 2.31. The van der Waals surface area contributed by atoms with Gasteiger partial charge in [-0.15, -0.1) is 10.2 Å². The van der Waals surface area contributed by atoms with Crippen LogP contribution >= 0.6 is 11.8 Å². The lowest BCUT2D eigenvalue weighted by atomic mass is 10.0. The van der Waals surface area contributed by atoms with Gasteiger partial charge in [-0.1, -0.05) is 42.1 Å². The zero-order chi connectivity index (χ0) is 23.7. The van der Waals surface area contributed by atoms with Gasteiger partial charge in [-0.3, -0.25) is 14.2 Å². The monoisotopic (exact) mass is 462 g/mol. The quantitative estimate of drug-likeness (QED) is 0.278. The van der Waals surface area contributed by atoms with Gasteiger partial charge in [-0.05, 0) is 51.8 Å². The Kier molecular flexibility index (Phi) is 6.37. The summed E-state index contributed by atoms with van der Waals surface area (Å²) in [7, 11) is 0. The summed E-state index contributed by atoms with van der Waals surface area (Å²) in [4.78, 5) is 28.4. The number of furan rings is 1. The van der Waals surface area contributed by atoms with Crippen molar-refractivity contribution in [3.63, 3.8) is 0 Å². The van der Waals surface area contributed by atoms with Crippen molar-refractivity contribution in [2.24, 2.45) is 0 Å².